The highest BCUT2D eigenvalue weighted by Crippen LogP contribution is 2.41. The second-order valence-electron chi connectivity index (χ2n) is 13.7. The van der Waals surface area contributed by atoms with Gasteiger partial charge in [-0.15, -0.1) is 0 Å². The Morgan fingerprint density at radius 2 is 1.50 bits per heavy atom. The summed E-state index contributed by atoms with van der Waals surface area (Å²) in [5.41, 5.74) is 7.26. The van der Waals surface area contributed by atoms with Crippen LogP contribution in [-0.2, 0) is 16.6 Å². The molecular formula is C39H64N2O. The standard InChI is InChI=1S/C29H42N2O.C6H12.C4H10/c1-9-15-29(16-10-2,28(32)20(5)6)24-14-13-23(18-21(24)7)27-19-26(30-17-11-3)22(8)25(12-4)31-27;1-5-3-6(2)4-5;1-4(2)3/h13-14,17-20H,9-12,15-16H2,1-8H3;5-6H,3-4H2,1-2H3;4H,1-3H3. The molecule has 236 valence electrons. The highest BCUT2D eigenvalue weighted by Gasteiger charge is 2.40. The van der Waals surface area contributed by atoms with Gasteiger partial charge in [0.2, 0.25) is 0 Å². The number of rotatable bonds is 11. The lowest BCUT2D eigenvalue weighted by Gasteiger charge is -2.36. The zero-order valence-electron chi connectivity index (χ0n) is 29.7. The minimum absolute atomic E-state index is 0.0250. The summed E-state index contributed by atoms with van der Waals surface area (Å²) in [5, 5.41) is 0. The fourth-order valence-electron chi connectivity index (χ4n) is 6.31. The van der Waals surface area contributed by atoms with Crippen LogP contribution >= 0.6 is 0 Å². The number of aryl methyl sites for hydroxylation is 2. The number of hydrogen-bond donors (Lipinski definition) is 0. The molecule has 0 amide bonds. The smallest absolute Gasteiger partial charge is 0.145 e. The molecule has 0 aliphatic heterocycles. The van der Waals surface area contributed by atoms with Crippen molar-refractivity contribution < 1.29 is 4.79 Å². The summed E-state index contributed by atoms with van der Waals surface area (Å²) < 4.78 is 0. The SMILES string of the molecule is CC(C)C.CC1CC(C)C1.CCC=Nc1cc(-c2ccc(C(CCC)(CCC)C(=O)C(C)C)c(C)c2)nc(CC)c1C. The van der Waals surface area contributed by atoms with Crippen LogP contribution in [0.15, 0.2) is 29.3 Å². The van der Waals surface area contributed by atoms with Gasteiger partial charge in [-0.1, -0.05) is 101 Å². The van der Waals surface area contributed by atoms with Crippen LogP contribution in [0.2, 0.25) is 0 Å². The van der Waals surface area contributed by atoms with E-state index in [1.54, 1.807) is 0 Å². The molecular weight excluding hydrogens is 512 g/mol. The Bertz CT molecular complexity index is 1110. The first-order valence-corrected chi connectivity index (χ1v) is 17.0. The van der Waals surface area contributed by atoms with Gasteiger partial charge in [-0.25, -0.2) is 0 Å². The van der Waals surface area contributed by atoms with Crippen LogP contribution in [0.1, 0.15) is 143 Å². The van der Waals surface area contributed by atoms with Crippen LogP contribution in [0.3, 0.4) is 0 Å². The van der Waals surface area contributed by atoms with Crippen molar-refractivity contribution >= 4 is 17.7 Å². The van der Waals surface area contributed by atoms with Crippen LogP contribution in [0.4, 0.5) is 5.69 Å². The first-order chi connectivity index (χ1) is 19.8. The van der Waals surface area contributed by atoms with Gasteiger partial charge in [-0.05, 0) is 98.9 Å². The van der Waals surface area contributed by atoms with E-state index in [9.17, 15) is 4.79 Å². The molecule has 1 aromatic heterocycles. The number of benzene rings is 1. The number of hydrogen-bond acceptors (Lipinski definition) is 3. The molecule has 0 radical (unpaired) electrons. The quantitative estimate of drug-likeness (QED) is 0.250. The number of aromatic nitrogens is 1. The number of ketones is 1. The highest BCUT2D eigenvalue weighted by atomic mass is 16.1. The monoisotopic (exact) mass is 577 g/mol. The predicted octanol–water partition coefficient (Wildman–Crippen LogP) is 11.8. The Hall–Kier alpha value is -2.29. The van der Waals surface area contributed by atoms with Gasteiger partial charge in [-0.3, -0.25) is 14.8 Å². The maximum atomic E-state index is 13.5. The zero-order chi connectivity index (χ0) is 32.0. The maximum Gasteiger partial charge on any atom is 0.145 e. The molecule has 42 heavy (non-hydrogen) atoms. The first kappa shape index (κ1) is 37.7. The van der Waals surface area contributed by atoms with Crippen molar-refractivity contribution in [1.82, 2.24) is 4.98 Å². The molecule has 0 unspecified atom stereocenters. The van der Waals surface area contributed by atoms with Gasteiger partial charge in [0.1, 0.15) is 5.78 Å². The Morgan fingerprint density at radius 1 is 0.952 bits per heavy atom. The third-order valence-electron chi connectivity index (χ3n) is 8.09. The van der Waals surface area contributed by atoms with Gasteiger partial charge >= 0.3 is 0 Å². The summed E-state index contributed by atoms with van der Waals surface area (Å²) >= 11 is 0. The van der Waals surface area contributed by atoms with Crippen LogP contribution in [0, 0.1) is 37.5 Å². The van der Waals surface area contributed by atoms with Crippen molar-refractivity contribution in [3.05, 3.63) is 46.6 Å². The maximum absolute atomic E-state index is 13.5. The molecule has 0 spiro atoms. The van der Waals surface area contributed by atoms with Crippen molar-refractivity contribution in [1.29, 1.82) is 0 Å². The highest BCUT2D eigenvalue weighted by molar-refractivity contribution is 5.92. The number of nitrogens with zero attached hydrogens (tertiary/aromatic N) is 2. The summed E-state index contributed by atoms with van der Waals surface area (Å²) in [6.07, 6.45) is 10.5. The summed E-state index contributed by atoms with van der Waals surface area (Å²) in [5.74, 6) is 3.31. The van der Waals surface area contributed by atoms with Crippen LogP contribution in [-0.4, -0.2) is 17.0 Å². The van der Waals surface area contributed by atoms with Gasteiger partial charge < -0.3 is 0 Å². The Morgan fingerprint density at radius 3 is 1.88 bits per heavy atom. The van der Waals surface area contributed by atoms with E-state index in [0.29, 0.717) is 5.78 Å². The summed E-state index contributed by atoms with van der Waals surface area (Å²) in [6, 6.07) is 8.66. The normalized spacial score (nSPS) is 16.5. The van der Waals surface area contributed by atoms with Crippen molar-refractivity contribution in [3.63, 3.8) is 0 Å². The first-order valence-electron chi connectivity index (χ1n) is 17.0. The Balaban J connectivity index is 0.000000745. The molecule has 1 aliphatic rings. The Labute approximate surface area is 260 Å². The molecule has 1 saturated carbocycles. The average Bonchev–Trinajstić information content (AvgIpc) is 2.91. The molecule has 1 aliphatic carbocycles. The lowest BCUT2D eigenvalue weighted by molar-refractivity contribution is -0.128. The third-order valence-corrected chi connectivity index (χ3v) is 8.09. The fourth-order valence-corrected chi connectivity index (χ4v) is 6.31. The molecule has 2 aromatic rings. The van der Waals surface area contributed by atoms with Crippen LogP contribution in [0.25, 0.3) is 11.3 Å². The second kappa shape index (κ2) is 18.4. The Kier molecular flexibility index (Phi) is 16.5. The summed E-state index contributed by atoms with van der Waals surface area (Å²) in [6.45, 7) is 28.1. The van der Waals surface area contributed by atoms with Gasteiger partial charge in [0.25, 0.3) is 0 Å². The second-order valence-corrected chi connectivity index (χ2v) is 13.7. The molecule has 1 fully saturated rings. The zero-order valence-corrected chi connectivity index (χ0v) is 29.7. The molecule has 1 heterocycles. The molecule has 0 N–H and O–H groups in total. The lowest BCUT2D eigenvalue weighted by Crippen LogP contribution is -2.39. The molecule has 0 bridgehead atoms. The van der Waals surface area contributed by atoms with Gasteiger partial charge in [-0.2, -0.15) is 0 Å². The minimum atomic E-state index is -0.397. The van der Waals surface area contributed by atoms with Crippen molar-refractivity contribution in [2.45, 2.75) is 147 Å². The van der Waals surface area contributed by atoms with E-state index in [0.717, 1.165) is 84.5 Å². The summed E-state index contributed by atoms with van der Waals surface area (Å²) in [7, 11) is 0. The fraction of sp³-hybridized carbons (Fsp3) is 0.667. The molecule has 1 aromatic carbocycles. The summed E-state index contributed by atoms with van der Waals surface area (Å²) in [4.78, 5) is 23.1. The van der Waals surface area contributed by atoms with Gasteiger partial charge in [0.05, 0.1) is 16.8 Å². The van der Waals surface area contributed by atoms with E-state index in [1.165, 1.54) is 24.0 Å². The molecule has 3 nitrogen and oxygen atoms in total. The molecule has 3 heteroatoms. The van der Waals surface area contributed by atoms with Gasteiger partial charge in [0.15, 0.2) is 0 Å². The average molecular weight is 577 g/mol. The number of pyridine rings is 1. The predicted molar refractivity (Wildman–Crippen MR) is 186 cm³/mol. The van der Waals surface area contributed by atoms with Crippen LogP contribution < -0.4 is 0 Å². The van der Waals surface area contributed by atoms with Crippen molar-refractivity contribution in [2.24, 2.45) is 28.7 Å². The topological polar surface area (TPSA) is 42.3 Å². The van der Waals surface area contributed by atoms with Crippen LogP contribution in [0.5, 0.6) is 0 Å². The van der Waals surface area contributed by atoms with Crippen molar-refractivity contribution in [2.75, 3.05) is 0 Å². The van der Waals surface area contributed by atoms with E-state index in [2.05, 4.69) is 105 Å². The lowest BCUT2D eigenvalue weighted by atomic mass is 9.66. The molecule has 0 atom stereocenters. The number of carbonyl (C=O) groups excluding carboxylic acids is 1. The largest absolute Gasteiger partial charge is 0.298 e. The van der Waals surface area contributed by atoms with Crippen molar-refractivity contribution in [3.8, 4) is 11.3 Å². The minimum Gasteiger partial charge on any atom is -0.298 e. The molecule has 3 rings (SSSR count). The number of aliphatic imine (C=N–C) groups is 1. The molecule has 0 saturated heterocycles. The van der Waals surface area contributed by atoms with Gasteiger partial charge in [0, 0.05) is 23.4 Å². The van der Waals surface area contributed by atoms with E-state index < -0.39 is 5.41 Å². The number of carbonyl (C=O) groups is 1. The van der Waals surface area contributed by atoms with E-state index in [4.69, 9.17) is 4.98 Å². The van der Waals surface area contributed by atoms with E-state index >= 15 is 0 Å². The van der Waals surface area contributed by atoms with E-state index in [1.807, 2.05) is 20.1 Å². The third kappa shape index (κ3) is 10.8. The van der Waals surface area contributed by atoms with E-state index in [-0.39, 0.29) is 5.92 Å². The number of Topliss-reactive ketones (excluding diaryl/α,β-unsaturated/α-hetero) is 1.